The molecular weight excluding hydrogens is 256 g/mol. The summed E-state index contributed by atoms with van der Waals surface area (Å²) in [6, 6.07) is 11.9. The molecule has 3 rings (SSSR count). The molecule has 0 spiro atoms. The third kappa shape index (κ3) is 1.91. The topological polar surface area (TPSA) is 85.6 Å². The van der Waals surface area contributed by atoms with Crippen molar-refractivity contribution >= 4 is 5.65 Å². The van der Waals surface area contributed by atoms with Crippen LogP contribution in [0.15, 0.2) is 53.5 Å². The fourth-order valence-corrected chi connectivity index (χ4v) is 2.15. The van der Waals surface area contributed by atoms with Gasteiger partial charge in [-0.25, -0.2) is 14.3 Å². The van der Waals surface area contributed by atoms with Gasteiger partial charge in [-0.05, 0) is 24.3 Å². The summed E-state index contributed by atoms with van der Waals surface area (Å²) < 4.78 is 2.87. The first-order valence-corrected chi connectivity index (χ1v) is 6.24. The number of aliphatic hydroxyl groups excluding tert-OH is 1. The van der Waals surface area contributed by atoms with Gasteiger partial charge in [-0.15, -0.1) is 0 Å². The molecule has 20 heavy (non-hydrogen) atoms. The molecule has 0 amide bonds. The molecule has 0 aliphatic heterocycles. The van der Waals surface area contributed by atoms with Crippen LogP contribution in [0.5, 0.6) is 0 Å². The number of benzene rings is 1. The molecule has 2 heterocycles. The van der Waals surface area contributed by atoms with Crippen molar-refractivity contribution < 1.29 is 5.11 Å². The Morgan fingerprint density at radius 3 is 2.65 bits per heavy atom. The molecule has 0 bridgehead atoms. The van der Waals surface area contributed by atoms with Gasteiger partial charge in [0.15, 0.2) is 0 Å². The van der Waals surface area contributed by atoms with Crippen LogP contribution in [0, 0.1) is 0 Å². The first-order valence-electron chi connectivity index (χ1n) is 6.24. The molecule has 0 aliphatic carbocycles. The predicted octanol–water partition coefficient (Wildman–Crippen LogP) is 0.477. The molecule has 0 saturated carbocycles. The number of para-hydroxylation sites is 1. The van der Waals surface area contributed by atoms with Crippen molar-refractivity contribution in [2.24, 2.45) is 5.73 Å². The van der Waals surface area contributed by atoms with Gasteiger partial charge in [-0.2, -0.15) is 0 Å². The molecule has 3 aromatic rings. The smallest absolute Gasteiger partial charge is 0.339 e. The highest BCUT2D eigenvalue weighted by Gasteiger charge is 2.17. The number of aromatic nitrogens is 3. The minimum absolute atomic E-state index is 0.259. The normalized spacial score (nSPS) is 12.7. The van der Waals surface area contributed by atoms with Gasteiger partial charge in [0.25, 0.3) is 0 Å². The van der Waals surface area contributed by atoms with E-state index >= 15 is 0 Å². The Kier molecular flexibility index (Phi) is 3.09. The van der Waals surface area contributed by atoms with Crippen LogP contribution in [0.25, 0.3) is 11.3 Å². The average Bonchev–Trinajstić information content (AvgIpc) is 2.96. The van der Waals surface area contributed by atoms with E-state index in [1.165, 1.54) is 8.97 Å². The van der Waals surface area contributed by atoms with Crippen molar-refractivity contribution in [1.29, 1.82) is 0 Å². The van der Waals surface area contributed by atoms with Crippen LogP contribution < -0.4 is 11.4 Å². The van der Waals surface area contributed by atoms with Gasteiger partial charge in [0.2, 0.25) is 0 Å². The first kappa shape index (κ1) is 12.6. The Morgan fingerprint density at radius 2 is 1.95 bits per heavy atom. The zero-order valence-electron chi connectivity index (χ0n) is 10.7. The zero-order valence-corrected chi connectivity index (χ0v) is 10.7. The molecule has 102 valence electrons. The van der Waals surface area contributed by atoms with Gasteiger partial charge < -0.3 is 10.8 Å². The summed E-state index contributed by atoms with van der Waals surface area (Å²) in [5, 5.41) is 9.29. The summed E-state index contributed by atoms with van der Waals surface area (Å²) in [4.78, 5) is 17.0. The Morgan fingerprint density at radius 1 is 1.20 bits per heavy atom. The number of aliphatic hydroxyl groups is 1. The summed E-state index contributed by atoms with van der Waals surface area (Å²) >= 11 is 0. The second kappa shape index (κ2) is 4.92. The third-order valence-electron chi connectivity index (χ3n) is 3.13. The second-order valence-electron chi connectivity index (χ2n) is 4.45. The molecule has 0 saturated heterocycles. The van der Waals surface area contributed by atoms with E-state index in [-0.39, 0.29) is 12.3 Å². The van der Waals surface area contributed by atoms with E-state index in [1.54, 1.807) is 30.5 Å². The molecule has 1 unspecified atom stereocenters. The van der Waals surface area contributed by atoms with E-state index in [0.29, 0.717) is 17.2 Å². The van der Waals surface area contributed by atoms with E-state index in [9.17, 15) is 9.90 Å². The summed E-state index contributed by atoms with van der Waals surface area (Å²) in [7, 11) is 0. The summed E-state index contributed by atoms with van der Waals surface area (Å²) in [5.74, 6) is 0.343. The number of hydrogen-bond donors (Lipinski definition) is 2. The number of hydrogen-bond acceptors (Lipinski definition) is 4. The maximum Gasteiger partial charge on any atom is 0.339 e. The molecule has 0 radical (unpaired) electrons. The van der Waals surface area contributed by atoms with Gasteiger partial charge in [-0.1, -0.05) is 18.2 Å². The van der Waals surface area contributed by atoms with Crippen molar-refractivity contribution in [3.05, 3.63) is 65.0 Å². The van der Waals surface area contributed by atoms with Crippen molar-refractivity contribution in [1.82, 2.24) is 14.0 Å². The van der Waals surface area contributed by atoms with E-state index in [0.717, 1.165) is 0 Å². The fraction of sp³-hybridized carbons (Fsp3) is 0.143. The minimum atomic E-state index is -0.720. The summed E-state index contributed by atoms with van der Waals surface area (Å²) in [5.41, 5.74) is 6.80. The van der Waals surface area contributed by atoms with Gasteiger partial charge in [-0.3, -0.25) is 4.40 Å². The van der Waals surface area contributed by atoms with Crippen LogP contribution in [0.3, 0.4) is 0 Å². The van der Waals surface area contributed by atoms with Crippen molar-refractivity contribution in [3.63, 3.8) is 0 Å². The SMILES string of the molecule is NC(CO)c1nc2cccn2c(=O)n1-c1ccccc1. The van der Waals surface area contributed by atoms with Crippen molar-refractivity contribution in [2.45, 2.75) is 6.04 Å². The van der Waals surface area contributed by atoms with Crippen LogP contribution in [-0.2, 0) is 0 Å². The standard InChI is InChI=1S/C14H14N4O2/c15-11(9-19)13-16-12-7-4-8-17(12)14(20)18(13)10-5-2-1-3-6-10/h1-8,11,19H,9,15H2. The lowest BCUT2D eigenvalue weighted by Crippen LogP contribution is -2.33. The Balaban J connectivity index is 2.38. The van der Waals surface area contributed by atoms with E-state index in [1.807, 2.05) is 18.2 Å². The third-order valence-corrected chi connectivity index (χ3v) is 3.13. The Bertz CT molecular complexity index is 792. The van der Waals surface area contributed by atoms with Gasteiger partial charge in [0.05, 0.1) is 18.3 Å². The first-order chi connectivity index (χ1) is 9.72. The Labute approximate surface area is 114 Å². The zero-order chi connectivity index (χ0) is 14.1. The second-order valence-corrected chi connectivity index (χ2v) is 4.45. The fourth-order valence-electron chi connectivity index (χ4n) is 2.15. The van der Waals surface area contributed by atoms with Crippen LogP contribution in [0.1, 0.15) is 11.9 Å². The highest BCUT2D eigenvalue weighted by Crippen LogP contribution is 2.13. The van der Waals surface area contributed by atoms with E-state index < -0.39 is 6.04 Å². The highest BCUT2D eigenvalue weighted by molar-refractivity contribution is 5.41. The lowest BCUT2D eigenvalue weighted by Gasteiger charge is -2.16. The summed E-state index contributed by atoms with van der Waals surface area (Å²) in [6.07, 6.45) is 1.65. The molecule has 6 nitrogen and oxygen atoms in total. The average molecular weight is 270 g/mol. The highest BCUT2D eigenvalue weighted by atomic mass is 16.3. The molecule has 0 fully saturated rings. The summed E-state index contributed by atoms with van der Waals surface area (Å²) in [6.45, 7) is -0.282. The molecule has 1 aromatic carbocycles. The van der Waals surface area contributed by atoms with Gasteiger partial charge in [0, 0.05) is 6.20 Å². The molecule has 0 aliphatic rings. The number of nitrogens with zero attached hydrogens (tertiary/aromatic N) is 3. The molecule has 3 N–H and O–H groups in total. The maximum atomic E-state index is 12.6. The lowest BCUT2D eigenvalue weighted by molar-refractivity contribution is 0.261. The van der Waals surface area contributed by atoms with Gasteiger partial charge >= 0.3 is 5.69 Å². The van der Waals surface area contributed by atoms with E-state index in [4.69, 9.17) is 5.73 Å². The van der Waals surface area contributed by atoms with E-state index in [2.05, 4.69) is 4.98 Å². The van der Waals surface area contributed by atoms with Crippen LogP contribution in [-0.4, -0.2) is 25.7 Å². The minimum Gasteiger partial charge on any atom is -0.394 e. The molecule has 6 heteroatoms. The number of nitrogens with two attached hydrogens (primary N) is 1. The molecular formula is C14H14N4O2. The lowest BCUT2D eigenvalue weighted by atomic mass is 10.2. The van der Waals surface area contributed by atoms with Crippen LogP contribution in [0.2, 0.25) is 0 Å². The quantitative estimate of drug-likeness (QED) is 0.724. The number of fused-ring (bicyclic) bond motifs is 1. The maximum absolute atomic E-state index is 12.6. The molecule has 2 aromatic heterocycles. The number of rotatable bonds is 3. The predicted molar refractivity (Wildman–Crippen MR) is 74.8 cm³/mol. The largest absolute Gasteiger partial charge is 0.394 e. The Hall–Kier alpha value is -2.44. The monoisotopic (exact) mass is 270 g/mol. The van der Waals surface area contributed by atoms with Crippen LogP contribution in [0.4, 0.5) is 0 Å². The molecule has 1 atom stereocenters. The van der Waals surface area contributed by atoms with Crippen molar-refractivity contribution in [3.8, 4) is 5.69 Å². The van der Waals surface area contributed by atoms with Crippen LogP contribution >= 0.6 is 0 Å². The van der Waals surface area contributed by atoms with Gasteiger partial charge in [0.1, 0.15) is 11.5 Å². The van der Waals surface area contributed by atoms with Crippen molar-refractivity contribution in [2.75, 3.05) is 6.61 Å².